The van der Waals surface area contributed by atoms with E-state index in [4.69, 9.17) is 9.47 Å². The van der Waals surface area contributed by atoms with E-state index in [0.717, 1.165) is 4.90 Å². The Labute approximate surface area is 172 Å². The van der Waals surface area contributed by atoms with Gasteiger partial charge in [0.15, 0.2) is 6.29 Å². The number of amides is 1. The maximum Gasteiger partial charge on any atom is 0.419 e. The van der Waals surface area contributed by atoms with Crippen LogP contribution in [0.15, 0.2) is 30.5 Å². The fourth-order valence-corrected chi connectivity index (χ4v) is 3.30. The molecule has 0 N–H and O–H groups in total. The van der Waals surface area contributed by atoms with Crippen molar-refractivity contribution in [1.82, 2.24) is 14.5 Å². The zero-order chi connectivity index (χ0) is 21.8. The Morgan fingerprint density at radius 1 is 1.10 bits per heavy atom. The molecule has 0 aliphatic carbocycles. The SMILES string of the molecule is CCOC(=O)CN(C)C(=O)c1ncc2c(c1C=O)c1ccccc1n2C(=O)OCC. The predicted molar refractivity (Wildman–Crippen MR) is 109 cm³/mol. The van der Waals surface area contributed by atoms with Crippen LogP contribution < -0.4 is 0 Å². The summed E-state index contributed by atoms with van der Waals surface area (Å²) in [5.74, 6) is -1.18. The highest BCUT2D eigenvalue weighted by atomic mass is 16.5. The van der Waals surface area contributed by atoms with Crippen LogP contribution in [0.2, 0.25) is 0 Å². The van der Waals surface area contributed by atoms with Crippen molar-refractivity contribution >= 4 is 46.1 Å². The number of carbonyl (C=O) groups excluding carboxylic acids is 4. The summed E-state index contributed by atoms with van der Waals surface area (Å²) in [6.45, 7) is 3.44. The standard InChI is InChI=1S/C21H21N3O6/c1-4-29-17(26)11-23(3)20(27)19-14(12-25)18-13-8-6-7-9-15(13)24(16(18)10-22-19)21(28)30-5-2/h6-10,12H,4-5,11H2,1-3H3. The number of ether oxygens (including phenoxy) is 2. The van der Waals surface area contributed by atoms with Crippen LogP contribution in [0.4, 0.5) is 4.79 Å². The summed E-state index contributed by atoms with van der Waals surface area (Å²) >= 11 is 0. The van der Waals surface area contributed by atoms with Gasteiger partial charge in [-0.15, -0.1) is 0 Å². The van der Waals surface area contributed by atoms with Crippen LogP contribution in [0.5, 0.6) is 0 Å². The van der Waals surface area contributed by atoms with E-state index in [2.05, 4.69) is 4.98 Å². The van der Waals surface area contributed by atoms with Crippen LogP contribution in [0.25, 0.3) is 21.8 Å². The monoisotopic (exact) mass is 411 g/mol. The van der Waals surface area contributed by atoms with E-state index < -0.39 is 18.0 Å². The number of rotatable bonds is 6. The molecular formula is C21H21N3O6. The van der Waals surface area contributed by atoms with Crippen LogP contribution >= 0.6 is 0 Å². The number of carbonyl (C=O) groups is 4. The molecule has 0 radical (unpaired) electrons. The molecule has 3 rings (SSSR count). The topological polar surface area (TPSA) is 108 Å². The first-order valence-electron chi connectivity index (χ1n) is 9.40. The summed E-state index contributed by atoms with van der Waals surface area (Å²) in [6.07, 6.45) is 1.27. The van der Waals surface area contributed by atoms with Gasteiger partial charge in [-0.05, 0) is 19.9 Å². The number of nitrogens with zero attached hydrogens (tertiary/aromatic N) is 3. The van der Waals surface area contributed by atoms with Gasteiger partial charge in [-0.2, -0.15) is 0 Å². The van der Waals surface area contributed by atoms with E-state index in [0.29, 0.717) is 28.1 Å². The van der Waals surface area contributed by atoms with E-state index in [1.807, 2.05) is 0 Å². The summed E-state index contributed by atoms with van der Waals surface area (Å²) in [4.78, 5) is 54.4. The van der Waals surface area contributed by atoms with Crippen LogP contribution in [-0.2, 0) is 14.3 Å². The van der Waals surface area contributed by atoms with Crippen molar-refractivity contribution in [2.75, 3.05) is 26.8 Å². The summed E-state index contributed by atoms with van der Waals surface area (Å²) in [7, 11) is 1.42. The number of pyridine rings is 1. The molecule has 0 spiro atoms. The summed E-state index contributed by atoms with van der Waals surface area (Å²) < 4.78 is 11.3. The largest absolute Gasteiger partial charge is 0.465 e. The second-order valence-corrected chi connectivity index (χ2v) is 6.42. The fourth-order valence-electron chi connectivity index (χ4n) is 3.30. The van der Waals surface area contributed by atoms with E-state index in [1.54, 1.807) is 38.1 Å². The molecule has 0 fully saturated rings. The highest BCUT2D eigenvalue weighted by Crippen LogP contribution is 2.32. The molecule has 3 aromatic rings. The Hall–Kier alpha value is -3.75. The average molecular weight is 411 g/mol. The van der Waals surface area contributed by atoms with Gasteiger partial charge in [-0.1, -0.05) is 18.2 Å². The van der Waals surface area contributed by atoms with Crippen LogP contribution in [0, 0.1) is 0 Å². The average Bonchev–Trinajstić information content (AvgIpc) is 3.07. The number of aldehydes is 1. The van der Waals surface area contributed by atoms with Gasteiger partial charge in [0, 0.05) is 17.8 Å². The lowest BCUT2D eigenvalue weighted by molar-refractivity contribution is -0.143. The zero-order valence-corrected chi connectivity index (χ0v) is 16.9. The second-order valence-electron chi connectivity index (χ2n) is 6.42. The number of fused-ring (bicyclic) bond motifs is 3. The van der Waals surface area contributed by atoms with Crippen molar-refractivity contribution in [1.29, 1.82) is 0 Å². The molecule has 1 amide bonds. The molecule has 0 unspecified atom stereocenters. The first-order chi connectivity index (χ1) is 14.4. The predicted octanol–water partition coefficient (Wildman–Crippen LogP) is 2.64. The molecule has 0 saturated carbocycles. The molecule has 2 aromatic heterocycles. The van der Waals surface area contributed by atoms with Crippen molar-refractivity contribution in [3.63, 3.8) is 0 Å². The van der Waals surface area contributed by atoms with E-state index >= 15 is 0 Å². The lowest BCUT2D eigenvalue weighted by Crippen LogP contribution is -2.34. The van der Waals surface area contributed by atoms with Gasteiger partial charge in [-0.3, -0.25) is 14.4 Å². The summed E-state index contributed by atoms with van der Waals surface area (Å²) in [5, 5.41) is 1.02. The minimum Gasteiger partial charge on any atom is -0.465 e. The third-order valence-electron chi connectivity index (χ3n) is 4.54. The maximum absolute atomic E-state index is 12.9. The first kappa shape index (κ1) is 21.0. The fraction of sp³-hybridized carbons (Fsp3) is 0.286. The molecule has 156 valence electrons. The molecule has 0 aliphatic heterocycles. The number of benzene rings is 1. The quantitative estimate of drug-likeness (QED) is 0.453. The van der Waals surface area contributed by atoms with E-state index in [-0.39, 0.29) is 31.0 Å². The minimum atomic E-state index is -0.611. The van der Waals surface area contributed by atoms with Gasteiger partial charge in [0.25, 0.3) is 5.91 Å². The third-order valence-corrected chi connectivity index (χ3v) is 4.54. The molecule has 9 heteroatoms. The smallest absolute Gasteiger partial charge is 0.419 e. The molecule has 0 bridgehead atoms. The van der Waals surface area contributed by atoms with Crippen molar-refractivity contribution in [2.45, 2.75) is 13.8 Å². The van der Waals surface area contributed by atoms with Crippen molar-refractivity contribution < 1.29 is 28.7 Å². The highest BCUT2D eigenvalue weighted by molar-refractivity contribution is 6.20. The van der Waals surface area contributed by atoms with Gasteiger partial charge in [0.2, 0.25) is 0 Å². The molecular weight excluding hydrogens is 390 g/mol. The van der Waals surface area contributed by atoms with Gasteiger partial charge in [0.1, 0.15) is 12.2 Å². The summed E-state index contributed by atoms with van der Waals surface area (Å²) in [6, 6.07) is 6.98. The van der Waals surface area contributed by atoms with Crippen molar-refractivity contribution in [3.05, 3.63) is 41.7 Å². The maximum atomic E-state index is 12.9. The van der Waals surface area contributed by atoms with E-state index in [9.17, 15) is 19.2 Å². The Kier molecular flexibility index (Phi) is 6.10. The van der Waals surface area contributed by atoms with Gasteiger partial charge in [-0.25, -0.2) is 14.3 Å². The van der Waals surface area contributed by atoms with E-state index in [1.165, 1.54) is 17.8 Å². The van der Waals surface area contributed by atoms with Gasteiger partial charge < -0.3 is 14.4 Å². The lowest BCUT2D eigenvalue weighted by atomic mass is 10.1. The van der Waals surface area contributed by atoms with Crippen LogP contribution in [0.1, 0.15) is 34.7 Å². The number of hydrogen-bond acceptors (Lipinski definition) is 7. The van der Waals surface area contributed by atoms with Gasteiger partial charge in [0.05, 0.1) is 36.0 Å². The van der Waals surface area contributed by atoms with Crippen molar-refractivity contribution in [2.24, 2.45) is 0 Å². The zero-order valence-electron chi connectivity index (χ0n) is 16.9. The third kappa shape index (κ3) is 3.61. The Morgan fingerprint density at radius 2 is 1.80 bits per heavy atom. The molecule has 30 heavy (non-hydrogen) atoms. The molecule has 9 nitrogen and oxygen atoms in total. The Bertz CT molecular complexity index is 1150. The van der Waals surface area contributed by atoms with Crippen molar-refractivity contribution in [3.8, 4) is 0 Å². The number of para-hydroxylation sites is 1. The Balaban J connectivity index is 2.19. The lowest BCUT2D eigenvalue weighted by Gasteiger charge is -2.16. The number of likely N-dealkylation sites (N-methyl/N-ethyl adjacent to an activating group) is 1. The molecule has 0 atom stereocenters. The van der Waals surface area contributed by atoms with Crippen LogP contribution in [-0.4, -0.2) is 65.5 Å². The summed E-state index contributed by atoms with van der Waals surface area (Å²) in [5.41, 5.74) is 0.796. The molecule has 0 saturated heterocycles. The Morgan fingerprint density at radius 3 is 2.47 bits per heavy atom. The molecule has 0 aliphatic rings. The number of hydrogen-bond donors (Lipinski definition) is 0. The number of aromatic nitrogens is 2. The highest BCUT2D eigenvalue weighted by Gasteiger charge is 2.26. The van der Waals surface area contributed by atoms with Crippen LogP contribution in [0.3, 0.4) is 0 Å². The first-order valence-corrected chi connectivity index (χ1v) is 9.40. The number of esters is 1. The molecule has 1 aromatic carbocycles. The second kappa shape index (κ2) is 8.73. The van der Waals surface area contributed by atoms with Gasteiger partial charge >= 0.3 is 12.1 Å². The normalized spacial score (nSPS) is 10.8. The minimum absolute atomic E-state index is 0.0347. The molecule has 2 heterocycles.